The zero-order chi connectivity index (χ0) is 27.5. The van der Waals surface area contributed by atoms with Crippen molar-refractivity contribution in [2.75, 3.05) is 0 Å². The van der Waals surface area contributed by atoms with Crippen molar-refractivity contribution in [3.8, 4) is 0 Å². The summed E-state index contributed by atoms with van der Waals surface area (Å²) in [6.45, 7) is 2.30. The van der Waals surface area contributed by atoms with E-state index in [0.29, 0.717) is 12.0 Å². The molecule has 0 fully saturated rings. The van der Waals surface area contributed by atoms with Crippen LogP contribution in [0.2, 0.25) is 0 Å². The first-order valence-electron chi connectivity index (χ1n) is 15.5. The van der Waals surface area contributed by atoms with E-state index in [2.05, 4.69) is 96.2 Å². The molecule has 0 saturated carbocycles. The molecule has 0 radical (unpaired) electrons. The third-order valence-electron chi connectivity index (χ3n) is 9.90. The number of H-pyrrole nitrogens is 1. The van der Waals surface area contributed by atoms with Gasteiger partial charge in [-0.3, -0.25) is 0 Å². The van der Waals surface area contributed by atoms with Gasteiger partial charge in [0.2, 0.25) is 0 Å². The molecule has 0 spiro atoms. The van der Waals surface area contributed by atoms with E-state index in [9.17, 15) is 0 Å². The Morgan fingerprint density at radius 1 is 0.902 bits per heavy atom. The fourth-order valence-electron chi connectivity index (χ4n) is 7.87. The van der Waals surface area contributed by atoms with E-state index >= 15 is 0 Å². The van der Waals surface area contributed by atoms with Gasteiger partial charge in [-0.25, -0.2) is 4.99 Å². The predicted molar refractivity (Wildman–Crippen MR) is 169 cm³/mol. The van der Waals surface area contributed by atoms with Gasteiger partial charge in [0.15, 0.2) is 0 Å². The van der Waals surface area contributed by atoms with Crippen LogP contribution in [0.4, 0.5) is 0 Å². The zero-order valence-electron chi connectivity index (χ0n) is 23.8. The van der Waals surface area contributed by atoms with E-state index in [1.54, 1.807) is 0 Å². The van der Waals surface area contributed by atoms with Crippen LogP contribution in [0, 0.1) is 5.92 Å². The van der Waals surface area contributed by atoms with Gasteiger partial charge in [0, 0.05) is 51.5 Å². The molecule has 0 saturated heterocycles. The molecular weight excluding hydrogens is 500 g/mol. The van der Waals surface area contributed by atoms with E-state index in [1.807, 2.05) is 0 Å². The summed E-state index contributed by atoms with van der Waals surface area (Å²) in [5.41, 5.74) is 19.9. The molecule has 8 rings (SSSR count). The summed E-state index contributed by atoms with van der Waals surface area (Å²) in [6, 6.07) is 9.09. The molecule has 41 heavy (non-hydrogen) atoms. The third-order valence-corrected chi connectivity index (χ3v) is 9.90. The Balaban J connectivity index is 1.37. The Hall–Kier alpha value is -3.89. The third kappa shape index (κ3) is 4.19. The molecule has 0 amide bonds. The van der Waals surface area contributed by atoms with Crippen LogP contribution >= 0.6 is 0 Å². The Kier molecular flexibility index (Phi) is 6.00. The second-order valence-electron chi connectivity index (χ2n) is 12.4. The van der Waals surface area contributed by atoms with Crippen molar-refractivity contribution in [2.24, 2.45) is 16.6 Å². The molecule has 4 unspecified atom stereocenters. The zero-order valence-corrected chi connectivity index (χ0v) is 23.8. The summed E-state index contributed by atoms with van der Waals surface area (Å²) in [7, 11) is 0. The first kappa shape index (κ1) is 24.9. The fourth-order valence-corrected chi connectivity index (χ4v) is 7.87. The lowest BCUT2D eigenvalue weighted by Crippen LogP contribution is -2.33. The number of nitrogens with one attached hydrogen (secondary N) is 2. The number of allylic oxidation sites excluding steroid dienone is 9. The number of fused-ring (bicyclic) bond motifs is 13. The minimum Gasteiger partial charge on any atom is -0.381 e. The summed E-state index contributed by atoms with van der Waals surface area (Å²) < 4.78 is 0. The Labute approximate surface area is 242 Å². The summed E-state index contributed by atoms with van der Waals surface area (Å²) in [5, 5.41) is 6.34. The maximum Gasteiger partial charge on any atom is 0.0733 e. The largest absolute Gasteiger partial charge is 0.381 e. The van der Waals surface area contributed by atoms with Crippen LogP contribution in [0.15, 0.2) is 93.8 Å². The number of aliphatic imine (C=N–C) groups is 1. The van der Waals surface area contributed by atoms with Crippen molar-refractivity contribution in [2.45, 2.75) is 69.9 Å². The van der Waals surface area contributed by atoms with Crippen LogP contribution < -0.4 is 21.7 Å². The van der Waals surface area contributed by atoms with Crippen molar-refractivity contribution in [3.63, 3.8) is 0 Å². The highest BCUT2D eigenvalue weighted by Gasteiger charge is 2.35. The molecule has 4 nitrogen and oxygen atoms in total. The van der Waals surface area contributed by atoms with Gasteiger partial charge in [0.1, 0.15) is 0 Å². The molecule has 6 bridgehead atoms. The average molecular weight is 539 g/mol. The number of nitrogens with two attached hydrogens (primary N) is 1. The predicted octanol–water partition coefficient (Wildman–Crippen LogP) is 5.92. The number of benzene rings is 1. The monoisotopic (exact) mass is 538 g/mol. The number of hydrogen-bond acceptors (Lipinski definition) is 3. The topological polar surface area (TPSA) is 66.2 Å². The van der Waals surface area contributed by atoms with E-state index < -0.39 is 0 Å². The van der Waals surface area contributed by atoms with Gasteiger partial charge >= 0.3 is 0 Å². The van der Waals surface area contributed by atoms with Gasteiger partial charge in [0.25, 0.3) is 0 Å². The van der Waals surface area contributed by atoms with Crippen LogP contribution in [-0.4, -0.2) is 16.7 Å². The van der Waals surface area contributed by atoms with E-state index in [1.165, 1.54) is 56.4 Å². The van der Waals surface area contributed by atoms with Crippen molar-refractivity contribution in [1.82, 2.24) is 10.3 Å². The Bertz CT molecular complexity index is 1780. The number of nitrogens with zero attached hydrogens (tertiary/aromatic N) is 1. The lowest BCUT2D eigenvalue weighted by atomic mass is 9.81. The molecule has 2 aromatic rings. The molecule has 3 aliphatic heterocycles. The summed E-state index contributed by atoms with van der Waals surface area (Å²) >= 11 is 0. The maximum absolute atomic E-state index is 7.08. The normalized spacial score (nSPS) is 30.0. The van der Waals surface area contributed by atoms with Gasteiger partial charge < -0.3 is 16.0 Å². The van der Waals surface area contributed by atoms with Crippen molar-refractivity contribution >= 4 is 23.9 Å². The van der Waals surface area contributed by atoms with Gasteiger partial charge in [0.05, 0.1) is 11.4 Å². The lowest BCUT2D eigenvalue weighted by Gasteiger charge is -2.27. The van der Waals surface area contributed by atoms with Gasteiger partial charge in [-0.15, -0.1) is 0 Å². The molecule has 3 aliphatic carbocycles. The summed E-state index contributed by atoms with van der Waals surface area (Å²) in [5.74, 6) is 0.706. The Morgan fingerprint density at radius 3 is 2.66 bits per heavy atom. The highest BCUT2D eigenvalue weighted by atomic mass is 15.0. The standard InChI is InChI=1S/C37H38N4/c1-22-18-32-25-12-4-6-14-27(25)34(39-32)20-36-29-16-8-9-17-30(29)37(41-36)21-35-28-15-7-5-13-26(28)33(40-35)19-31(38)24-11-3-2-10-23(22)24/h2-3,6-8,10-11,14-16,18,20-22,26,31,33,40-41H,4-5,9,12-13,17,19,38H2,1H3/b32-18-,36-20?,37-21-. The smallest absolute Gasteiger partial charge is 0.0733 e. The highest BCUT2D eigenvalue weighted by molar-refractivity contribution is 6.25. The minimum absolute atomic E-state index is 0.0370. The van der Waals surface area contributed by atoms with Crippen molar-refractivity contribution < 1.29 is 0 Å². The molecule has 6 aliphatic rings. The number of rotatable bonds is 0. The molecule has 4 heteroatoms. The number of hydrogen-bond donors (Lipinski definition) is 3. The number of aromatic amines is 1. The SMILES string of the molecule is CC1/C=C2\N=C(C=c3[nH]/c(c4c3C=CCC4)=C\C3=C4C=CCCC4C(CC(N)c4ccccc41)N3)C1=C2CCC=C1. The van der Waals surface area contributed by atoms with E-state index in [0.717, 1.165) is 55.3 Å². The lowest BCUT2D eigenvalue weighted by molar-refractivity contribution is 0.390. The number of aromatic nitrogens is 1. The second kappa shape index (κ2) is 9.88. The quantitative estimate of drug-likeness (QED) is 0.390. The van der Waals surface area contributed by atoms with Gasteiger partial charge in [-0.05, 0) is 84.9 Å². The van der Waals surface area contributed by atoms with Crippen LogP contribution in [0.3, 0.4) is 0 Å². The van der Waals surface area contributed by atoms with Gasteiger partial charge in [-0.2, -0.15) is 0 Å². The minimum atomic E-state index is -0.0370. The summed E-state index contributed by atoms with van der Waals surface area (Å²) in [6.07, 6.45) is 28.4. The summed E-state index contributed by atoms with van der Waals surface area (Å²) in [4.78, 5) is 9.12. The fraction of sp³-hybridized carbons (Fsp3) is 0.324. The average Bonchev–Trinajstić information content (AvgIpc) is 3.65. The van der Waals surface area contributed by atoms with Crippen LogP contribution in [0.1, 0.15) is 79.7 Å². The first-order valence-corrected chi connectivity index (χ1v) is 15.5. The van der Waals surface area contributed by atoms with Gasteiger partial charge in [-0.1, -0.05) is 73.7 Å². The van der Waals surface area contributed by atoms with Crippen molar-refractivity contribution in [3.05, 3.63) is 122 Å². The maximum atomic E-state index is 7.08. The highest BCUT2D eigenvalue weighted by Crippen LogP contribution is 2.40. The second-order valence-corrected chi connectivity index (χ2v) is 12.4. The van der Waals surface area contributed by atoms with Crippen LogP contribution in [0.25, 0.3) is 18.2 Å². The van der Waals surface area contributed by atoms with Crippen LogP contribution in [-0.2, 0) is 6.42 Å². The first-order chi connectivity index (χ1) is 20.1. The Morgan fingerprint density at radius 2 is 1.73 bits per heavy atom. The molecule has 4 N–H and O–H groups in total. The van der Waals surface area contributed by atoms with Crippen LogP contribution in [0.5, 0.6) is 0 Å². The van der Waals surface area contributed by atoms with Crippen molar-refractivity contribution in [1.29, 1.82) is 0 Å². The van der Waals surface area contributed by atoms with E-state index in [-0.39, 0.29) is 12.0 Å². The van der Waals surface area contributed by atoms with E-state index in [4.69, 9.17) is 10.7 Å². The molecule has 4 atom stereocenters. The molecule has 1 aromatic carbocycles. The molecular formula is C37H38N4. The molecule has 4 heterocycles. The molecule has 1 aromatic heterocycles. The molecule has 206 valence electrons.